The maximum absolute atomic E-state index is 11.4. The predicted octanol–water partition coefficient (Wildman–Crippen LogP) is 1.21. The predicted molar refractivity (Wildman–Crippen MR) is 73.1 cm³/mol. The monoisotopic (exact) mass is 273 g/mol. The van der Waals surface area contributed by atoms with Gasteiger partial charge in [0.25, 0.3) is 0 Å². The van der Waals surface area contributed by atoms with Crippen molar-refractivity contribution in [3.8, 4) is 0 Å². The van der Waals surface area contributed by atoms with E-state index in [0.717, 1.165) is 5.82 Å². The van der Waals surface area contributed by atoms with Gasteiger partial charge in [-0.3, -0.25) is 0 Å². The SMILES string of the molecule is CCS(=O)(=O)CCCn1ccnc1CNC(C)C. The molecule has 0 radical (unpaired) electrons. The summed E-state index contributed by atoms with van der Waals surface area (Å²) in [6, 6.07) is 0.413. The third-order valence-corrected chi connectivity index (χ3v) is 4.55. The van der Waals surface area contributed by atoms with Crippen LogP contribution in [-0.4, -0.2) is 35.5 Å². The minimum atomic E-state index is -2.86. The third kappa shape index (κ3) is 5.18. The highest BCUT2D eigenvalue weighted by Crippen LogP contribution is 2.02. The lowest BCUT2D eigenvalue weighted by molar-refractivity contribution is 0.539. The van der Waals surface area contributed by atoms with Crippen LogP contribution in [0.4, 0.5) is 0 Å². The number of aromatic nitrogens is 2. The normalized spacial score (nSPS) is 12.2. The maximum Gasteiger partial charge on any atom is 0.150 e. The summed E-state index contributed by atoms with van der Waals surface area (Å²) < 4.78 is 24.8. The Morgan fingerprint density at radius 1 is 1.44 bits per heavy atom. The fourth-order valence-corrected chi connectivity index (χ4v) is 2.46. The van der Waals surface area contributed by atoms with E-state index in [2.05, 4.69) is 24.1 Å². The molecule has 0 aliphatic carbocycles. The van der Waals surface area contributed by atoms with Gasteiger partial charge in [0.1, 0.15) is 15.7 Å². The molecule has 0 fully saturated rings. The molecule has 0 aliphatic heterocycles. The number of aryl methyl sites for hydroxylation is 1. The molecular formula is C12H23N3O2S. The minimum Gasteiger partial charge on any atom is -0.334 e. The standard InChI is InChI=1S/C12H23N3O2S/c1-4-18(16,17)9-5-7-15-8-6-13-12(15)10-14-11(2)3/h6,8,11,14H,4-5,7,9-10H2,1-3H3. The van der Waals surface area contributed by atoms with Crippen molar-refractivity contribution in [2.45, 2.75) is 46.3 Å². The van der Waals surface area contributed by atoms with Crippen molar-refractivity contribution < 1.29 is 8.42 Å². The van der Waals surface area contributed by atoms with Gasteiger partial charge in [0.15, 0.2) is 0 Å². The van der Waals surface area contributed by atoms with Crippen molar-refractivity contribution in [2.24, 2.45) is 0 Å². The smallest absolute Gasteiger partial charge is 0.150 e. The van der Waals surface area contributed by atoms with Crippen LogP contribution >= 0.6 is 0 Å². The molecule has 0 aromatic carbocycles. The van der Waals surface area contributed by atoms with E-state index >= 15 is 0 Å². The quantitative estimate of drug-likeness (QED) is 0.773. The Morgan fingerprint density at radius 3 is 2.78 bits per heavy atom. The Balaban J connectivity index is 2.45. The molecule has 1 aromatic heterocycles. The summed E-state index contributed by atoms with van der Waals surface area (Å²) in [4.78, 5) is 4.27. The van der Waals surface area contributed by atoms with Crippen LogP contribution in [0.15, 0.2) is 12.4 Å². The van der Waals surface area contributed by atoms with Crippen LogP contribution in [0.3, 0.4) is 0 Å². The summed E-state index contributed by atoms with van der Waals surface area (Å²) in [5, 5.41) is 3.30. The number of imidazole rings is 1. The largest absolute Gasteiger partial charge is 0.334 e. The molecule has 18 heavy (non-hydrogen) atoms. The summed E-state index contributed by atoms with van der Waals surface area (Å²) >= 11 is 0. The molecule has 0 saturated carbocycles. The maximum atomic E-state index is 11.4. The first-order chi connectivity index (χ1) is 8.44. The molecule has 0 atom stereocenters. The van der Waals surface area contributed by atoms with Crippen molar-refractivity contribution in [1.82, 2.24) is 14.9 Å². The average Bonchev–Trinajstić information content (AvgIpc) is 2.74. The zero-order chi connectivity index (χ0) is 13.6. The highest BCUT2D eigenvalue weighted by molar-refractivity contribution is 7.91. The molecule has 0 amide bonds. The summed E-state index contributed by atoms with van der Waals surface area (Å²) in [6.45, 7) is 7.27. The number of nitrogens with one attached hydrogen (secondary N) is 1. The molecule has 0 aliphatic rings. The lowest BCUT2D eigenvalue weighted by Gasteiger charge is -2.10. The van der Waals surface area contributed by atoms with Gasteiger partial charge in [0.2, 0.25) is 0 Å². The van der Waals surface area contributed by atoms with Crippen LogP contribution < -0.4 is 5.32 Å². The van der Waals surface area contributed by atoms with Gasteiger partial charge in [-0.25, -0.2) is 13.4 Å². The van der Waals surface area contributed by atoms with Crippen molar-refractivity contribution >= 4 is 9.84 Å². The molecular weight excluding hydrogens is 250 g/mol. The van der Waals surface area contributed by atoms with Crippen molar-refractivity contribution in [3.05, 3.63) is 18.2 Å². The van der Waals surface area contributed by atoms with Crippen LogP contribution in [0, 0.1) is 0 Å². The second-order valence-corrected chi connectivity index (χ2v) is 7.14. The summed E-state index contributed by atoms with van der Waals surface area (Å²) in [5.41, 5.74) is 0. The van der Waals surface area contributed by atoms with E-state index < -0.39 is 9.84 Å². The van der Waals surface area contributed by atoms with E-state index in [1.807, 2.05) is 10.8 Å². The molecule has 1 rings (SSSR count). The molecule has 5 nitrogen and oxygen atoms in total. The molecule has 0 unspecified atom stereocenters. The van der Waals surface area contributed by atoms with E-state index in [-0.39, 0.29) is 11.5 Å². The molecule has 0 saturated heterocycles. The summed E-state index contributed by atoms with van der Waals surface area (Å²) in [7, 11) is -2.86. The van der Waals surface area contributed by atoms with Crippen LogP contribution in [-0.2, 0) is 22.9 Å². The van der Waals surface area contributed by atoms with Crippen LogP contribution in [0.2, 0.25) is 0 Å². The second kappa shape index (κ2) is 6.89. The molecule has 0 spiro atoms. The number of hydrogen-bond acceptors (Lipinski definition) is 4. The Morgan fingerprint density at radius 2 is 2.17 bits per heavy atom. The Kier molecular flexibility index (Phi) is 5.81. The molecule has 0 bridgehead atoms. The number of sulfone groups is 1. The van der Waals surface area contributed by atoms with Crippen molar-refractivity contribution in [1.29, 1.82) is 0 Å². The zero-order valence-electron chi connectivity index (χ0n) is 11.4. The van der Waals surface area contributed by atoms with Gasteiger partial charge in [0, 0.05) is 30.7 Å². The van der Waals surface area contributed by atoms with Gasteiger partial charge < -0.3 is 9.88 Å². The lowest BCUT2D eigenvalue weighted by atomic mass is 10.4. The summed E-state index contributed by atoms with van der Waals surface area (Å²) in [6.07, 6.45) is 4.29. The van der Waals surface area contributed by atoms with Crippen molar-refractivity contribution in [3.63, 3.8) is 0 Å². The topological polar surface area (TPSA) is 64.0 Å². The van der Waals surface area contributed by atoms with Gasteiger partial charge in [-0.2, -0.15) is 0 Å². The molecule has 104 valence electrons. The van der Waals surface area contributed by atoms with Gasteiger partial charge >= 0.3 is 0 Å². The third-order valence-electron chi connectivity index (χ3n) is 2.76. The number of hydrogen-bond donors (Lipinski definition) is 1. The minimum absolute atomic E-state index is 0.221. The Hall–Kier alpha value is -0.880. The van der Waals surface area contributed by atoms with Crippen molar-refractivity contribution in [2.75, 3.05) is 11.5 Å². The molecule has 1 N–H and O–H groups in total. The van der Waals surface area contributed by atoms with Crippen LogP contribution in [0.5, 0.6) is 0 Å². The first kappa shape index (κ1) is 15.2. The molecule has 1 heterocycles. The van der Waals surface area contributed by atoms with Gasteiger partial charge in [0.05, 0.1) is 12.3 Å². The first-order valence-electron chi connectivity index (χ1n) is 6.38. The van der Waals surface area contributed by atoms with Gasteiger partial charge in [-0.15, -0.1) is 0 Å². The molecule has 6 heteroatoms. The highest BCUT2D eigenvalue weighted by Gasteiger charge is 2.08. The highest BCUT2D eigenvalue weighted by atomic mass is 32.2. The number of rotatable bonds is 8. The Bertz CT molecular complexity index is 452. The van der Waals surface area contributed by atoms with Gasteiger partial charge in [-0.1, -0.05) is 20.8 Å². The van der Waals surface area contributed by atoms with Gasteiger partial charge in [-0.05, 0) is 6.42 Å². The summed E-state index contributed by atoms with van der Waals surface area (Å²) in [5.74, 6) is 1.43. The Labute approximate surface area is 110 Å². The lowest BCUT2D eigenvalue weighted by Crippen LogP contribution is -2.24. The van der Waals surface area contributed by atoms with E-state index in [4.69, 9.17) is 0 Å². The zero-order valence-corrected chi connectivity index (χ0v) is 12.2. The van der Waals surface area contributed by atoms with E-state index in [1.54, 1.807) is 13.1 Å². The van der Waals surface area contributed by atoms with E-state index in [9.17, 15) is 8.42 Å². The van der Waals surface area contributed by atoms with E-state index in [0.29, 0.717) is 25.6 Å². The fraction of sp³-hybridized carbons (Fsp3) is 0.750. The van der Waals surface area contributed by atoms with Crippen LogP contribution in [0.25, 0.3) is 0 Å². The fourth-order valence-electron chi connectivity index (χ4n) is 1.61. The van der Waals surface area contributed by atoms with Crippen LogP contribution in [0.1, 0.15) is 33.0 Å². The number of nitrogens with zero attached hydrogens (tertiary/aromatic N) is 2. The van der Waals surface area contributed by atoms with E-state index in [1.165, 1.54) is 0 Å². The average molecular weight is 273 g/mol. The first-order valence-corrected chi connectivity index (χ1v) is 8.20. The molecule has 1 aromatic rings. The second-order valence-electron chi connectivity index (χ2n) is 4.66.